The van der Waals surface area contributed by atoms with Gasteiger partial charge in [0.2, 0.25) is 5.91 Å². The zero-order valence-corrected chi connectivity index (χ0v) is 12.0. The Morgan fingerprint density at radius 1 is 1.12 bits per heavy atom. The molecule has 6 heteroatoms. The Bertz CT molecular complexity index is 192. The van der Waals surface area contributed by atoms with Crippen LogP contribution in [0.2, 0.25) is 0 Å². The van der Waals surface area contributed by atoms with Crippen molar-refractivity contribution in [1.82, 2.24) is 10.6 Å². The molecule has 0 saturated heterocycles. The number of ether oxygens (including phenoxy) is 2. The van der Waals surface area contributed by atoms with E-state index in [1.807, 2.05) is 0 Å². The molecule has 0 rings (SSSR count). The second-order valence-electron chi connectivity index (χ2n) is 3.89. The Morgan fingerprint density at radius 2 is 1.71 bits per heavy atom. The molecule has 17 heavy (non-hydrogen) atoms. The highest BCUT2D eigenvalue weighted by Crippen LogP contribution is 1.81. The summed E-state index contributed by atoms with van der Waals surface area (Å²) in [5, 5.41) is 5.98. The number of hydrogen-bond acceptors (Lipinski definition) is 4. The van der Waals surface area contributed by atoms with E-state index < -0.39 is 0 Å². The van der Waals surface area contributed by atoms with Crippen LogP contribution in [0.5, 0.6) is 0 Å². The summed E-state index contributed by atoms with van der Waals surface area (Å²) >= 11 is 0. The van der Waals surface area contributed by atoms with E-state index in [9.17, 15) is 4.79 Å². The van der Waals surface area contributed by atoms with E-state index in [0.717, 1.165) is 6.54 Å². The first-order valence-corrected chi connectivity index (χ1v) is 6.84. The van der Waals surface area contributed by atoms with Crippen molar-refractivity contribution in [1.29, 1.82) is 0 Å². The monoisotopic (exact) mass is 264 g/mol. The third-order valence-electron chi connectivity index (χ3n) is 1.92. The summed E-state index contributed by atoms with van der Waals surface area (Å²) < 4.78 is 10.6. The van der Waals surface area contributed by atoms with E-state index in [4.69, 9.17) is 9.47 Å². The minimum absolute atomic E-state index is 0.0228. The second kappa shape index (κ2) is 12.2. The van der Waals surface area contributed by atoms with Crippen molar-refractivity contribution in [2.24, 2.45) is 0 Å². The van der Waals surface area contributed by atoms with E-state index in [-0.39, 0.29) is 5.91 Å². The van der Waals surface area contributed by atoms with Crippen LogP contribution in [0.3, 0.4) is 0 Å². The van der Waals surface area contributed by atoms with Crippen LogP contribution in [-0.4, -0.2) is 57.6 Å². The van der Waals surface area contributed by atoms with Crippen LogP contribution < -0.4 is 10.6 Å². The van der Waals surface area contributed by atoms with Gasteiger partial charge in [-0.05, 0) is 0 Å². The molecule has 0 heterocycles. The molecular formula is C11H25N2O3P. The van der Waals surface area contributed by atoms with E-state index >= 15 is 0 Å². The molecule has 0 aliphatic rings. The van der Waals surface area contributed by atoms with Gasteiger partial charge in [-0.25, -0.2) is 0 Å². The fourth-order valence-electron chi connectivity index (χ4n) is 1.08. The van der Waals surface area contributed by atoms with E-state index in [1.165, 1.54) is 0 Å². The molecule has 0 saturated carbocycles. The Labute approximate surface area is 106 Å². The van der Waals surface area contributed by atoms with Gasteiger partial charge >= 0.3 is 0 Å². The molecule has 0 radical (unpaired) electrons. The van der Waals surface area contributed by atoms with Crippen molar-refractivity contribution in [2.75, 3.05) is 45.7 Å². The van der Waals surface area contributed by atoms with Gasteiger partial charge in [-0.3, -0.25) is 4.79 Å². The van der Waals surface area contributed by atoms with Crippen LogP contribution in [0.1, 0.15) is 13.8 Å². The second-order valence-corrected chi connectivity index (χ2v) is 4.30. The normalized spacial score (nSPS) is 10.8. The summed E-state index contributed by atoms with van der Waals surface area (Å²) in [5.74, 6) is 0.0228. The molecule has 0 fully saturated rings. The molecule has 2 N–H and O–H groups in total. The first kappa shape index (κ1) is 16.8. The first-order chi connectivity index (χ1) is 8.16. The quantitative estimate of drug-likeness (QED) is 0.408. The Balaban J connectivity index is 3.01. The highest BCUT2D eigenvalue weighted by molar-refractivity contribution is 7.18. The molecule has 0 aliphatic heterocycles. The number of amides is 1. The largest absolute Gasteiger partial charge is 0.378 e. The van der Waals surface area contributed by atoms with Gasteiger partial charge in [-0.15, -0.1) is 9.24 Å². The van der Waals surface area contributed by atoms with Crippen molar-refractivity contribution in [3.8, 4) is 0 Å². The fourth-order valence-corrected chi connectivity index (χ4v) is 1.22. The minimum Gasteiger partial charge on any atom is -0.378 e. The third kappa shape index (κ3) is 13.7. The maximum Gasteiger partial charge on any atom is 0.223 e. The van der Waals surface area contributed by atoms with Gasteiger partial charge in [0.15, 0.2) is 0 Å². The van der Waals surface area contributed by atoms with Crippen molar-refractivity contribution < 1.29 is 14.3 Å². The van der Waals surface area contributed by atoms with Crippen molar-refractivity contribution in [2.45, 2.75) is 19.9 Å². The van der Waals surface area contributed by atoms with Crippen molar-refractivity contribution in [3.63, 3.8) is 0 Å². The molecule has 0 bridgehead atoms. The molecule has 0 aromatic carbocycles. The van der Waals surface area contributed by atoms with Crippen LogP contribution in [-0.2, 0) is 14.3 Å². The van der Waals surface area contributed by atoms with Crippen LogP contribution >= 0.6 is 9.24 Å². The third-order valence-corrected chi connectivity index (χ3v) is 2.30. The number of hydrogen-bond donors (Lipinski definition) is 2. The van der Waals surface area contributed by atoms with Gasteiger partial charge in [0, 0.05) is 25.3 Å². The number of carbonyl (C=O) groups excluding carboxylic acids is 1. The maximum atomic E-state index is 10.9. The summed E-state index contributed by atoms with van der Waals surface area (Å²) in [7, 11) is 2.38. The molecule has 5 nitrogen and oxygen atoms in total. The Hall–Kier alpha value is -0.220. The van der Waals surface area contributed by atoms with E-state index in [0.29, 0.717) is 45.2 Å². The number of nitrogens with one attached hydrogen (secondary N) is 2. The van der Waals surface area contributed by atoms with Gasteiger partial charge in [-0.2, -0.15) is 0 Å². The molecular weight excluding hydrogens is 239 g/mol. The molecule has 1 amide bonds. The summed E-state index contributed by atoms with van der Waals surface area (Å²) in [5.41, 5.74) is 0. The predicted octanol–water partition coefficient (Wildman–Crippen LogP) is 0.00890. The van der Waals surface area contributed by atoms with Crippen molar-refractivity contribution >= 4 is 15.1 Å². The lowest BCUT2D eigenvalue weighted by Gasteiger charge is -2.09. The topological polar surface area (TPSA) is 59.6 Å². The van der Waals surface area contributed by atoms with Crippen LogP contribution in [0.15, 0.2) is 0 Å². The molecule has 0 aromatic heterocycles. The lowest BCUT2D eigenvalue weighted by Crippen LogP contribution is -2.28. The molecule has 0 aromatic rings. The molecule has 1 atom stereocenters. The minimum atomic E-state index is 0.0228. The summed E-state index contributed by atoms with van der Waals surface area (Å²) in [6.45, 7) is 8.02. The van der Waals surface area contributed by atoms with E-state index in [1.54, 1.807) is 0 Å². The molecule has 102 valence electrons. The lowest BCUT2D eigenvalue weighted by molar-refractivity contribution is -0.118. The lowest BCUT2D eigenvalue weighted by atomic mass is 10.4. The summed E-state index contributed by atoms with van der Waals surface area (Å²) in [6, 6.07) is 0.496. The van der Waals surface area contributed by atoms with Crippen LogP contribution in [0.4, 0.5) is 0 Å². The first-order valence-electron chi connectivity index (χ1n) is 6.02. The SMILES string of the molecule is CC(C)NCCOCCOCCNC(=O)CP. The maximum absolute atomic E-state index is 10.9. The van der Waals surface area contributed by atoms with Gasteiger partial charge in [0.05, 0.1) is 26.4 Å². The number of rotatable bonds is 11. The van der Waals surface area contributed by atoms with Crippen LogP contribution in [0, 0.1) is 0 Å². The average Bonchev–Trinajstić information content (AvgIpc) is 2.30. The zero-order chi connectivity index (χ0) is 12.9. The predicted molar refractivity (Wildman–Crippen MR) is 72.4 cm³/mol. The number of carbonyl (C=O) groups is 1. The average molecular weight is 264 g/mol. The van der Waals surface area contributed by atoms with Crippen LogP contribution in [0.25, 0.3) is 0 Å². The zero-order valence-electron chi connectivity index (χ0n) is 10.8. The highest BCUT2D eigenvalue weighted by Gasteiger charge is 1.95. The Morgan fingerprint density at radius 3 is 2.24 bits per heavy atom. The molecule has 1 unspecified atom stereocenters. The molecule has 0 spiro atoms. The summed E-state index contributed by atoms with van der Waals surface area (Å²) in [4.78, 5) is 10.9. The standard InChI is InChI=1S/C11H25N2O3P/c1-10(2)12-3-5-15-7-8-16-6-4-13-11(14)9-17/h10,12H,3-9,17H2,1-2H3,(H,13,14). The van der Waals surface area contributed by atoms with Crippen molar-refractivity contribution in [3.05, 3.63) is 0 Å². The van der Waals surface area contributed by atoms with Gasteiger partial charge in [0.25, 0.3) is 0 Å². The van der Waals surface area contributed by atoms with Gasteiger partial charge < -0.3 is 20.1 Å². The van der Waals surface area contributed by atoms with Gasteiger partial charge in [-0.1, -0.05) is 13.8 Å². The fraction of sp³-hybridized carbons (Fsp3) is 0.909. The molecule has 0 aliphatic carbocycles. The Kier molecular flexibility index (Phi) is 12.1. The van der Waals surface area contributed by atoms with Gasteiger partial charge in [0.1, 0.15) is 0 Å². The smallest absolute Gasteiger partial charge is 0.223 e. The van der Waals surface area contributed by atoms with E-state index in [2.05, 4.69) is 33.7 Å². The summed E-state index contributed by atoms with van der Waals surface area (Å²) in [6.07, 6.45) is 0.436. The highest BCUT2D eigenvalue weighted by atomic mass is 31.0.